The largest absolute Gasteiger partial charge is 0.493 e. The van der Waals surface area contributed by atoms with Crippen LogP contribution in [0.2, 0.25) is 5.02 Å². The van der Waals surface area contributed by atoms with Gasteiger partial charge in [-0.25, -0.2) is 0 Å². The number of hydrogen-bond acceptors (Lipinski definition) is 4. The second-order valence-electron chi connectivity index (χ2n) is 4.35. The Hall–Kier alpha value is -1.79. The Morgan fingerprint density at radius 2 is 2.14 bits per heavy atom. The number of halogens is 1. The molecule has 1 heterocycles. The predicted octanol–water partition coefficient (Wildman–Crippen LogP) is 2.48. The summed E-state index contributed by atoms with van der Waals surface area (Å²) in [7, 11) is 1.54. The summed E-state index contributed by atoms with van der Waals surface area (Å²) in [5, 5.41) is 5.98. The van der Waals surface area contributed by atoms with E-state index in [0.717, 1.165) is 6.42 Å². The van der Waals surface area contributed by atoms with Crippen LogP contribution in [0.4, 0.5) is 0 Å². The number of nitrogens with one attached hydrogen (secondary N) is 2. The average molecular weight is 327 g/mol. The van der Waals surface area contributed by atoms with Crippen molar-refractivity contribution in [2.75, 3.05) is 13.7 Å². The molecular weight excluding hydrogens is 312 g/mol. The number of carbonyl (C=O) groups excluding carboxylic acids is 1. The van der Waals surface area contributed by atoms with Crippen molar-refractivity contribution in [1.29, 1.82) is 0 Å². The monoisotopic (exact) mass is 326 g/mol. The maximum absolute atomic E-state index is 11.6. The lowest BCUT2D eigenvalue weighted by Gasteiger charge is -2.12. The first-order valence-corrected chi connectivity index (χ1v) is 7.18. The molecule has 0 bridgehead atoms. The van der Waals surface area contributed by atoms with Gasteiger partial charge in [-0.1, -0.05) is 18.5 Å². The fourth-order valence-corrected chi connectivity index (χ4v) is 2.29. The normalized spacial score (nSPS) is 15.9. The molecule has 0 saturated carbocycles. The van der Waals surface area contributed by atoms with Crippen molar-refractivity contribution in [2.24, 2.45) is 0 Å². The van der Waals surface area contributed by atoms with Crippen molar-refractivity contribution in [3.8, 4) is 11.5 Å². The predicted molar refractivity (Wildman–Crippen MR) is 85.6 cm³/mol. The van der Waals surface area contributed by atoms with Gasteiger partial charge in [0.1, 0.15) is 5.70 Å². The molecular formula is C14H15ClN2O3S. The Bertz CT molecular complexity index is 616. The second-order valence-corrected chi connectivity index (χ2v) is 5.16. The van der Waals surface area contributed by atoms with Crippen molar-refractivity contribution in [2.45, 2.75) is 13.3 Å². The van der Waals surface area contributed by atoms with Crippen molar-refractivity contribution in [3.63, 3.8) is 0 Å². The summed E-state index contributed by atoms with van der Waals surface area (Å²) < 4.78 is 10.9. The Morgan fingerprint density at radius 1 is 1.38 bits per heavy atom. The maximum Gasteiger partial charge on any atom is 0.273 e. The fraction of sp³-hybridized carbons (Fsp3) is 0.286. The van der Waals surface area contributed by atoms with Gasteiger partial charge in [-0.05, 0) is 42.4 Å². The summed E-state index contributed by atoms with van der Waals surface area (Å²) in [5.41, 5.74) is 1.07. The summed E-state index contributed by atoms with van der Waals surface area (Å²) in [6, 6.07) is 3.46. The van der Waals surface area contributed by atoms with E-state index in [4.69, 9.17) is 33.3 Å². The van der Waals surface area contributed by atoms with Crippen LogP contribution in [-0.4, -0.2) is 24.7 Å². The lowest BCUT2D eigenvalue weighted by Crippen LogP contribution is -2.21. The number of thiocarbonyl (C=S) groups is 1. The van der Waals surface area contributed by atoms with Crippen molar-refractivity contribution in [3.05, 3.63) is 28.4 Å². The first-order valence-electron chi connectivity index (χ1n) is 6.39. The highest BCUT2D eigenvalue weighted by atomic mass is 35.5. The van der Waals surface area contributed by atoms with Gasteiger partial charge in [0.05, 0.1) is 18.7 Å². The second kappa shape index (κ2) is 6.78. The molecule has 0 spiro atoms. The van der Waals surface area contributed by atoms with Crippen LogP contribution in [0.1, 0.15) is 18.9 Å². The number of amides is 1. The number of methoxy groups -OCH3 is 1. The van der Waals surface area contributed by atoms with Crippen LogP contribution in [0, 0.1) is 0 Å². The van der Waals surface area contributed by atoms with E-state index in [1.165, 1.54) is 7.11 Å². The Kier molecular flexibility index (Phi) is 5.03. The Morgan fingerprint density at radius 3 is 2.71 bits per heavy atom. The van der Waals surface area contributed by atoms with E-state index in [1.807, 2.05) is 6.92 Å². The van der Waals surface area contributed by atoms with Gasteiger partial charge in [0.2, 0.25) is 0 Å². The van der Waals surface area contributed by atoms with Gasteiger partial charge in [-0.3, -0.25) is 10.1 Å². The summed E-state index contributed by atoms with van der Waals surface area (Å²) in [4.78, 5) is 11.6. The molecule has 1 fully saturated rings. The van der Waals surface area contributed by atoms with Gasteiger partial charge in [-0.15, -0.1) is 0 Å². The van der Waals surface area contributed by atoms with Gasteiger partial charge < -0.3 is 14.8 Å². The minimum atomic E-state index is -0.276. The molecule has 112 valence electrons. The van der Waals surface area contributed by atoms with Crippen LogP contribution in [0.3, 0.4) is 0 Å². The number of rotatable bonds is 5. The Balaban J connectivity index is 2.34. The zero-order valence-corrected chi connectivity index (χ0v) is 13.2. The Labute approximate surface area is 133 Å². The van der Waals surface area contributed by atoms with Crippen LogP contribution in [0.5, 0.6) is 11.5 Å². The molecule has 0 unspecified atom stereocenters. The minimum absolute atomic E-state index is 0.276. The van der Waals surface area contributed by atoms with Crippen LogP contribution < -0.4 is 20.1 Å². The van der Waals surface area contributed by atoms with Gasteiger partial charge in [-0.2, -0.15) is 0 Å². The van der Waals surface area contributed by atoms with Crippen molar-refractivity contribution >= 4 is 40.9 Å². The number of benzene rings is 1. The average Bonchev–Trinajstić information content (AvgIpc) is 2.75. The molecule has 0 aromatic heterocycles. The first kappa shape index (κ1) is 15.6. The smallest absolute Gasteiger partial charge is 0.273 e. The molecule has 1 aliphatic heterocycles. The molecule has 7 heteroatoms. The highest BCUT2D eigenvalue weighted by Gasteiger charge is 2.20. The van der Waals surface area contributed by atoms with Gasteiger partial charge >= 0.3 is 0 Å². The van der Waals surface area contributed by atoms with Crippen LogP contribution in [0.15, 0.2) is 17.8 Å². The van der Waals surface area contributed by atoms with Crippen LogP contribution in [0.25, 0.3) is 6.08 Å². The molecule has 0 aliphatic carbocycles. The van der Waals surface area contributed by atoms with E-state index in [2.05, 4.69) is 10.6 Å². The molecule has 2 N–H and O–H groups in total. The maximum atomic E-state index is 11.6. The third-order valence-electron chi connectivity index (χ3n) is 2.73. The lowest BCUT2D eigenvalue weighted by atomic mass is 10.1. The van der Waals surface area contributed by atoms with Gasteiger partial charge in [0, 0.05) is 0 Å². The van der Waals surface area contributed by atoms with Crippen molar-refractivity contribution < 1.29 is 14.3 Å². The molecule has 21 heavy (non-hydrogen) atoms. The molecule has 1 aromatic carbocycles. The number of carbonyl (C=O) groups is 1. The summed E-state index contributed by atoms with van der Waals surface area (Å²) in [6.07, 6.45) is 2.51. The quantitative estimate of drug-likeness (QED) is 0.643. The molecule has 5 nitrogen and oxygen atoms in total. The van der Waals surface area contributed by atoms with Gasteiger partial charge in [0.15, 0.2) is 16.6 Å². The zero-order chi connectivity index (χ0) is 15.4. The standard InChI is InChI=1S/C14H15ClN2O3S/c1-3-4-20-12-9(15)5-8(7-11(12)19-2)6-10-13(18)17-14(21)16-10/h5-7H,3-4H2,1-2H3,(H2,16,17,18,21)/b10-6+. The third kappa shape index (κ3) is 3.65. The number of ether oxygens (including phenoxy) is 2. The summed E-state index contributed by atoms with van der Waals surface area (Å²) >= 11 is 11.1. The van der Waals surface area contributed by atoms with Crippen LogP contribution >= 0.6 is 23.8 Å². The molecule has 1 aromatic rings. The van der Waals surface area contributed by atoms with E-state index in [1.54, 1.807) is 18.2 Å². The van der Waals surface area contributed by atoms with Crippen LogP contribution in [-0.2, 0) is 4.79 Å². The molecule has 2 rings (SSSR count). The minimum Gasteiger partial charge on any atom is -0.493 e. The fourth-order valence-electron chi connectivity index (χ4n) is 1.82. The molecule has 0 atom stereocenters. The van der Waals surface area contributed by atoms with E-state index in [0.29, 0.717) is 34.4 Å². The van der Waals surface area contributed by atoms with E-state index in [-0.39, 0.29) is 11.0 Å². The highest BCUT2D eigenvalue weighted by Crippen LogP contribution is 2.37. The summed E-state index contributed by atoms with van der Waals surface area (Å²) in [5.74, 6) is 0.743. The van der Waals surface area contributed by atoms with E-state index in [9.17, 15) is 4.79 Å². The topological polar surface area (TPSA) is 59.6 Å². The first-order chi connectivity index (χ1) is 10.0. The lowest BCUT2D eigenvalue weighted by molar-refractivity contribution is -0.115. The van der Waals surface area contributed by atoms with Crippen molar-refractivity contribution in [1.82, 2.24) is 10.6 Å². The third-order valence-corrected chi connectivity index (χ3v) is 3.22. The van der Waals surface area contributed by atoms with E-state index >= 15 is 0 Å². The van der Waals surface area contributed by atoms with E-state index < -0.39 is 0 Å². The molecule has 1 aliphatic rings. The number of hydrogen-bond donors (Lipinski definition) is 2. The molecule has 1 saturated heterocycles. The SMILES string of the molecule is CCCOc1c(Cl)cc(/C=C2/NC(=S)NC2=O)cc1OC. The highest BCUT2D eigenvalue weighted by molar-refractivity contribution is 7.80. The van der Waals surface area contributed by atoms with Gasteiger partial charge in [0.25, 0.3) is 5.91 Å². The molecule has 1 amide bonds. The zero-order valence-electron chi connectivity index (χ0n) is 11.7. The summed E-state index contributed by atoms with van der Waals surface area (Å²) in [6.45, 7) is 2.56. The molecule has 0 radical (unpaired) electrons.